The number of amides is 2. The molecule has 9 heteroatoms. The van der Waals surface area contributed by atoms with Gasteiger partial charge in [0.25, 0.3) is 0 Å². The molecule has 0 fully saturated rings. The molecule has 0 aliphatic rings. The summed E-state index contributed by atoms with van der Waals surface area (Å²) in [5.41, 5.74) is 1.07. The Kier molecular flexibility index (Phi) is 8.93. The molecule has 6 nitrogen and oxygen atoms in total. The van der Waals surface area contributed by atoms with Gasteiger partial charge in [-0.3, -0.25) is 9.59 Å². The van der Waals surface area contributed by atoms with E-state index in [0.717, 1.165) is 20.7 Å². The second kappa shape index (κ2) is 11.2. The van der Waals surface area contributed by atoms with Crippen LogP contribution in [0.3, 0.4) is 0 Å². The van der Waals surface area contributed by atoms with Crippen molar-refractivity contribution in [3.8, 4) is 0 Å². The Morgan fingerprint density at radius 2 is 1.69 bits per heavy atom. The van der Waals surface area contributed by atoms with Gasteiger partial charge in [0.15, 0.2) is 8.68 Å². The number of thioether (sulfide) groups is 2. The predicted molar refractivity (Wildman–Crippen MR) is 108 cm³/mol. The van der Waals surface area contributed by atoms with Crippen LogP contribution < -0.4 is 10.6 Å². The second-order valence-electron chi connectivity index (χ2n) is 5.46. The summed E-state index contributed by atoms with van der Waals surface area (Å²) in [6.45, 7) is 4.66. The van der Waals surface area contributed by atoms with E-state index >= 15 is 0 Å². The number of hydrogen-bond acceptors (Lipinski definition) is 7. The fourth-order valence-corrected chi connectivity index (χ4v) is 4.65. The number of nitrogens with one attached hydrogen (secondary N) is 2. The summed E-state index contributed by atoms with van der Waals surface area (Å²) in [4.78, 5) is 23.7. The topological polar surface area (TPSA) is 84.0 Å². The first kappa shape index (κ1) is 20.7. The molecule has 0 aliphatic heterocycles. The van der Waals surface area contributed by atoms with Crippen molar-refractivity contribution in [2.45, 2.75) is 35.0 Å². The molecule has 2 amide bonds. The van der Waals surface area contributed by atoms with Crippen LogP contribution in [0.5, 0.6) is 0 Å². The van der Waals surface area contributed by atoms with E-state index in [0.29, 0.717) is 12.3 Å². The highest BCUT2D eigenvalue weighted by Crippen LogP contribution is 2.28. The van der Waals surface area contributed by atoms with E-state index in [1.54, 1.807) is 0 Å². The van der Waals surface area contributed by atoms with Gasteiger partial charge in [-0.15, -0.1) is 10.2 Å². The third-order valence-electron chi connectivity index (χ3n) is 3.29. The maximum Gasteiger partial charge on any atom is 0.230 e. The highest BCUT2D eigenvalue weighted by molar-refractivity contribution is 8.03. The monoisotopic (exact) mass is 410 g/mol. The molecule has 1 aromatic carbocycles. The van der Waals surface area contributed by atoms with Gasteiger partial charge >= 0.3 is 0 Å². The lowest BCUT2D eigenvalue weighted by Gasteiger charge is -2.13. The fourth-order valence-electron chi connectivity index (χ4n) is 1.99. The molecule has 26 heavy (non-hydrogen) atoms. The highest BCUT2D eigenvalue weighted by Gasteiger charge is 2.12. The van der Waals surface area contributed by atoms with Crippen molar-refractivity contribution in [2.75, 3.05) is 18.1 Å². The molecule has 1 atom stereocenters. The van der Waals surface area contributed by atoms with Gasteiger partial charge < -0.3 is 10.6 Å². The first-order valence-electron chi connectivity index (χ1n) is 8.28. The summed E-state index contributed by atoms with van der Waals surface area (Å²) in [5, 5.41) is 13.9. The number of carbonyl (C=O) groups is 2. The molecule has 0 spiro atoms. The number of aromatic nitrogens is 2. The molecule has 0 saturated heterocycles. The van der Waals surface area contributed by atoms with Crippen molar-refractivity contribution >= 4 is 46.7 Å². The number of benzene rings is 1. The van der Waals surface area contributed by atoms with Crippen LogP contribution in [-0.2, 0) is 9.59 Å². The van der Waals surface area contributed by atoms with Crippen molar-refractivity contribution in [1.29, 1.82) is 0 Å². The summed E-state index contributed by atoms with van der Waals surface area (Å²) in [6.07, 6.45) is 0.918. The first-order valence-corrected chi connectivity index (χ1v) is 11.1. The Labute approximate surface area is 165 Å². The second-order valence-corrected chi connectivity index (χ2v) is 8.88. The molecule has 1 aromatic heterocycles. The van der Waals surface area contributed by atoms with Gasteiger partial charge in [-0.05, 0) is 18.9 Å². The zero-order valence-corrected chi connectivity index (χ0v) is 17.2. The van der Waals surface area contributed by atoms with E-state index in [-0.39, 0.29) is 23.6 Å². The minimum atomic E-state index is -0.0466. The molecule has 0 unspecified atom stereocenters. The van der Waals surface area contributed by atoms with Crippen molar-refractivity contribution < 1.29 is 9.59 Å². The van der Waals surface area contributed by atoms with Gasteiger partial charge in [0.1, 0.15) is 0 Å². The third-order valence-corrected chi connectivity index (χ3v) is 6.48. The van der Waals surface area contributed by atoms with Crippen LogP contribution in [0, 0.1) is 0 Å². The van der Waals surface area contributed by atoms with Crippen LogP contribution in [0.25, 0.3) is 0 Å². The molecule has 2 rings (SSSR count). The Hall–Kier alpha value is -1.58. The highest BCUT2D eigenvalue weighted by atomic mass is 32.2. The van der Waals surface area contributed by atoms with Gasteiger partial charge in [-0.2, -0.15) is 0 Å². The zero-order chi connectivity index (χ0) is 18.8. The molecule has 140 valence electrons. The van der Waals surface area contributed by atoms with Crippen LogP contribution in [0.4, 0.5) is 0 Å². The smallest absolute Gasteiger partial charge is 0.230 e. The molecule has 0 bridgehead atoms. The van der Waals surface area contributed by atoms with Crippen LogP contribution >= 0.6 is 34.9 Å². The standard InChI is InChI=1S/C17H22N4O2S3/c1-3-9-18-14(22)10-24-16-20-21-17(26-16)25-11-15(23)19-12(2)13-7-5-4-6-8-13/h4-8,12H,3,9-11H2,1-2H3,(H,18,22)(H,19,23)/t12-/m1/s1. The molecular formula is C17H22N4O2S3. The van der Waals surface area contributed by atoms with Gasteiger partial charge in [-0.1, -0.05) is 72.1 Å². The van der Waals surface area contributed by atoms with E-state index in [2.05, 4.69) is 20.8 Å². The Bertz CT molecular complexity index is 709. The summed E-state index contributed by atoms with van der Waals surface area (Å²) < 4.78 is 1.46. The summed E-state index contributed by atoms with van der Waals surface area (Å²) in [7, 11) is 0. The van der Waals surface area contributed by atoms with E-state index in [1.807, 2.05) is 44.2 Å². The molecule has 0 aliphatic carbocycles. The molecular weight excluding hydrogens is 388 g/mol. The third kappa shape index (κ3) is 7.35. The Morgan fingerprint density at radius 3 is 2.31 bits per heavy atom. The molecule has 2 aromatic rings. The van der Waals surface area contributed by atoms with Crippen LogP contribution in [0.2, 0.25) is 0 Å². The quantitative estimate of drug-likeness (QED) is 0.586. The largest absolute Gasteiger partial charge is 0.355 e. The summed E-state index contributed by atoms with van der Waals surface area (Å²) in [5.74, 6) is 0.562. The lowest BCUT2D eigenvalue weighted by Crippen LogP contribution is -2.28. The number of hydrogen-bond donors (Lipinski definition) is 2. The molecule has 1 heterocycles. The summed E-state index contributed by atoms with van der Waals surface area (Å²) >= 11 is 4.11. The van der Waals surface area contributed by atoms with E-state index in [4.69, 9.17) is 0 Å². The Balaban J connectivity index is 1.71. The average molecular weight is 411 g/mol. The SMILES string of the molecule is CCCNC(=O)CSc1nnc(SCC(=O)N[C@H](C)c2ccccc2)s1. The van der Waals surface area contributed by atoms with Gasteiger partial charge in [0, 0.05) is 6.54 Å². The number of carbonyl (C=O) groups excluding carboxylic acids is 2. The molecule has 0 saturated carbocycles. The molecule has 2 N–H and O–H groups in total. The maximum atomic E-state index is 12.1. The van der Waals surface area contributed by atoms with Crippen molar-refractivity contribution in [2.24, 2.45) is 0 Å². The lowest BCUT2D eigenvalue weighted by atomic mass is 10.1. The van der Waals surface area contributed by atoms with Crippen molar-refractivity contribution in [1.82, 2.24) is 20.8 Å². The van der Waals surface area contributed by atoms with Crippen LogP contribution in [-0.4, -0.2) is 40.1 Å². The minimum Gasteiger partial charge on any atom is -0.355 e. The minimum absolute atomic E-state index is 0.00414. The van der Waals surface area contributed by atoms with Crippen molar-refractivity contribution in [3.05, 3.63) is 35.9 Å². The van der Waals surface area contributed by atoms with Gasteiger partial charge in [-0.25, -0.2) is 0 Å². The molecule has 0 radical (unpaired) electrons. The lowest BCUT2D eigenvalue weighted by molar-refractivity contribution is -0.119. The van der Waals surface area contributed by atoms with E-state index < -0.39 is 0 Å². The number of nitrogens with zero attached hydrogens (tertiary/aromatic N) is 2. The average Bonchev–Trinajstić information content (AvgIpc) is 3.11. The predicted octanol–water partition coefficient (Wildman–Crippen LogP) is 3.13. The van der Waals surface area contributed by atoms with Crippen molar-refractivity contribution in [3.63, 3.8) is 0 Å². The maximum absolute atomic E-state index is 12.1. The Morgan fingerprint density at radius 1 is 1.08 bits per heavy atom. The number of rotatable bonds is 10. The normalized spacial score (nSPS) is 11.8. The summed E-state index contributed by atoms with van der Waals surface area (Å²) in [6, 6.07) is 9.80. The van der Waals surface area contributed by atoms with Crippen LogP contribution in [0.15, 0.2) is 39.0 Å². The van der Waals surface area contributed by atoms with E-state index in [1.165, 1.54) is 34.9 Å². The zero-order valence-electron chi connectivity index (χ0n) is 14.7. The van der Waals surface area contributed by atoms with Gasteiger partial charge in [0.2, 0.25) is 11.8 Å². The first-order chi connectivity index (χ1) is 12.6. The van der Waals surface area contributed by atoms with E-state index in [9.17, 15) is 9.59 Å². The van der Waals surface area contributed by atoms with Gasteiger partial charge in [0.05, 0.1) is 17.5 Å². The fraction of sp³-hybridized carbons (Fsp3) is 0.412. The van der Waals surface area contributed by atoms with Crippen LogP contribution in [0.1, 0.15) is 31.9 Å².